The Morgan fingerprint density at radius 1 is 0.964 bits per heavy atom. The topological polar surface area (TPSA) is 35.4 Å². The molecule has 1 N–H and O–H groups in total. The molecule has 0 aliphatic rings. The summed E-state index contributed by atoms with van der Waals surface area (Å²) in [7, 11) is 5.37. The Hall–Kier alpha value is -2.15. The van der Waals surface area contributed by atoms with Gasteiger partial charge in [0.1, 0.15) is 0 Å². The quantitative estimate of drug-likeness (QED) is 0.400. The van der Waals surface area contributed by atoms with Crippen molar-refractivity contribution in [3.05, 3.63) is 62.9 Å². The van der Waals surface area contributed by atoms with Crippen LogP contribution < -0.4 is 14.8 Å². The summed E-state index contributed by atoms with van der Waals surface area (Å²) in [5, 5.41) is 3.55. The van der Waals surface area contributed by atoms with Gasteiger partial charge in [-0.15, -0.1) is 11.3 Å². The summed E-state index contributed by atoms with van der Waals surface area (Å²) in [6.07, 6.45) is 1.90. The normalized spacial score (nSPS) is 10.8. The van der Waals surface area contributed by atoms with E-state index in [-0.39, 0.29) is 0 Å². The lowest BCUT2D eigenvalue weighted by Gasteiger charge is -2.10. The lowest BCUT2D eigenvalue weighted by atomic mass is 10.1. The second-order valence-electron chi connectivity index (χ2n) is 6.50. The SMILES string of the molecule is COc1ccc(CCNCCc2sc(=S)n(C)c2-c2ccccc2)cc1OC. The summed E-state index contributed by atoms with van der Waals surface area (Å²) >= 11 is 7.22. The molecule has 0 saturated carbocycles. The van der Waals surface area contributed by atoms with E-state index in [0.717, 1.165) is 41.4 Å². The molecule has 28 heavy (non-hydrogen) atoms. The minimum Gasteiger partial charge on any atom is -0.493 e. The van der Waals surface area contributed by atoms with Gasteiger partial charge >= 0.3 is 0 Å². The van der Waals surface area contributed by atoms with Crippen molar-refractivity contribution in [2.24, 2.45) is 7.05 Å². The highest BCUT2D eigenvalue weighted by molar-refractivity contribution is 7.73. The molecule has 6 heteroatoms. The Morgan fingerprint density at radius 3 is 2.39 bits per heavy atom. The highest BCUT2D eigenvalue weighted by Crippen LogP contribution is 2.29. The van der Waals surface area contributed by atoms with Crippen LogP contribution in [0.5, 0.6) is 11.5 Å². The molecule has 1 heterocycles. The fourth-order valence-corrected chi connectivity index (χ4v) is 4.60. The number of hydrogen-bond acceptors (Lipinski definition) is 5. The van der Waals surface area contributed by atoms with Crippen LogP contribution in [0.3, 0.4) is 0 Å². The third kappa shape index (κ3) is 4.82. The highest BCUT2D eigenvalue weighted by atomic mass is 32.1. The van der Waals surface area contributed by atoms with E-state index in [1.54, 1.807) is 25.6 Å². The van der Waals surface area contributed by atoms with Gasteiger partial charge in [-0.3, -0.25) is 0 Å². The van der Waals surface area contributed by atoms with Crippen molar-refractivity contribution >= 4 is 23.6 Å². The molecular formula is C22H26N2O2S2. The number of aromatic nitrogens is 1. The van der Waals surface area contributed by atoms with Crippen LogP contribution in [-0.4, -0.2) is 31.9 Å². The van der Waals surface area contributed by atoms with Crippen molar-refractivity contribution in [1.29, 1.82) is 0 Å². The molecule has 0 aliphatic heterocycles. The van der Waals surface area contributed by atoms with E-state index in [1.807, 2.05) is 18.2 Å². The molecule has 0 fully saturated rings. The lowest BCUT2D eigenvalue weighted by Crippen LogP contribution is -2.20. The summed E-state index contributed by atoms with van der Waals surface area (Å²) in [5.74, 6) is 1.54. The van der Waals surface area contributed by atoms with Crippen LogP contribution in [0, 0.1) is 3.95 Å². The van der Waals surface area contributed by atoms with Gasteiger partial charge in [-0.1, -0.05) is 36.4 Å². The van der Waals surface area contributed by atoms with Crippen molar-refractivity contribution in [2.45, 2.75) is 12.8 Å². The fraction of sp³-hybridized carbons (Fsp3) is 0.318. The van der Waals surface area contributed by atoms with Crippen LogP contribution in [0.25, 0.3) is 11.3 Å². The number of methoxy groups -OCH3 is 2. The number of nitrogens with one attached hydrogen (secondary N) is 1. The number of hydrogen-bond donors (Lipinski definition) is 1. The van der Waals surface area contributed by atoms with Gasteiger partial charge in [-0.2, -0.15) is 0 Å². The first-order valence-corrected chi connectivity index (χ1v) is 10.5. The smallest absolute Gasteiger partial charge is 0.161 e. The highest BCUT2D eigenvalue weighted by Gasteiger charge is 2.12. The average molecular weight is 415 g/mol. The van der Waals surface area contributed by atoms with Crippen molar-refractivity contribution in [2.75, 3.05) is 27.3 Å². The van der Waals surface area contributed by atoms with Crippen LogP contribution in [0.2, 0.25) is 0 Å². The van der Waals surface area contributed by atoms with Gasteiger partial charge in [0.15, 0.2) is 15.5 Å². The molecule has 3 rings (SSSR count). The summed E-state index contributed by atoms with van der Waals surface area (Å²) in [6, 6.07) is 16.5. The first kappa shape index (κ1) is 20.6. The van der Waals surface area contributed by atoms with E-state index in [4.69, 9.17) is 21.7 Å². The Kier molecular flexibility index (Phi) is 7.25. The third-order valence-electron chi connectivity index (χ3n) is 4.70. The van der Waals surface area contributed by atoms with Gasteiger partial charge in [0.25, 0.3) is 0 Å². The Balaban J connectivity index is 1.57. The molecule has 0 unspecified atom stereocenters. The fourth-order valence-electron chi connectivity index (χ4n) is 3.22. The molecule has 0 aliphatic carbocycles. The summed E-state index contributed by atoms with van der Waals surface area (Å²) in [6.45, 7) is 1.83. The third-order valence-corrected chi connectivity index (χ3v) is 6.31. The summed E-state index contributed by atoms with van der Waals surface area (Å²) in [4.78, 5) is 1.33. The van der Waals surface area contributed by atoms with Gasteiger partial charge in [0.05, 0.1) is 19.9 Å². The standard InChI is InChI=1S/C22H26N2O2S2/c1-24-21(17-7-5-4-6-8-17)20(28-22(24)27)12-14-23-13-11-16-9-10-18(25-2)19(15-16)26-3/h4-10,15,23H,11-14H2,1-3H3. The van der Waals surface area contributed by atoms with Gasteiger partial charge in [-0.05, 0) is 54.9 Å². The minimum absolute atomic E-state index is 0.762. The van der Waals surface area contributed by atoms with Gasteiger partial charge < -0.3 is 19.4 Å². The maximum absolute atomic E-state index is 5.51. The second-order valence-corrected chi connectivity index (χ2v) is 8.23. The largest absolute Gasteiger partial charge is 0.493 e. The van der Waals surface area contributed by atoms with Crippen molar-refractivity contribution in [3.8, 4) is 22.8 Å². The zero-order valence-electron chi connectivity index (χ0n) is 16.5. The monoisotopic (exact) mass is 414 g/mol. The van der Waals surface area contributed by atoms with Crippen molar-refractivity contribution < 1.29 is 9.47 Å². The number of thiazole rings is 1. The molecule has 3 aromatic rings. The van der Waals surface area contributed by atoms with Crippen molar-refractivity contribution in [1.82, 2.24) is 9.88 Å². The van der Waals surface area contributed by atoms with E-state index in [1.165, 1.54) is 21.7 Å². The van der Waals surface area contributed by atoms with Crippen LogP contribution in [0.4, 0.5) is 0 Å². The van der Waals surface area contributed by atoms with Crippen LogP contribution in [0.15, 0.2) is 48.5 Å². The minimum atomic E-state index is 0.762. The maximum atomic E-state index is 5.51. The second kappa shape index (κ2) is 9.87. The van der Waals surface area contributed by atoms with E-state index < -0.39 is 0 Å². The summed E-state index contributed by atoms with van der Waals surface area (Å²) in [5.41, 5.74) is 3.68. The van der Waals surface area contributed by atoms with Crippen LogP contribution >= 0.6 is 23.6 Å². The predicted molar refractivity (Wildman–Crippen MR) is 119 cm³/mol. The zero-order chi connectivity index (χ0) is 19.9. The number of nitrogens with zero attached hydrogens (tertiary/aromatic N) is 1. The van der Waals surface area contributed by atoms with E-state index in [2.05, 4.69) is 47.3 Å². The first-order valence-electron chi connectivity index (χ1n) is 9.29. The molecule has 0 spiro atoms. The van der Waals surface area contributed by atoms with Crippen LogP contribution in [-0.2, 0) is 19.9 Å². The number of ether oxygens (including phenoxy) is 2. The maximum Gasteiger partial charge on any atom is 0.161 e. The Morgan fingerprint density at radius 2 is 1.68 bits per heavy atom. The molecule has 148 valence electrons. The Labute approximate surface area is 175 Å². The molecule has 0 saturated heterocycles. The molecule has 0 bridgehead atoms. The van der Waals surface area contributed by atoms with Crippen LogP contribution in [0.1, 0.15) is 10.4 Å². The van der Waals surface area contributed by atoms with Gasteiger partial charge in [-0.25, -0.2) is 0 Å². The van der Waals surface area contributed by atoms with Gasteiger partial charge in [0.2, 0.25) is 0 Å². The molecule has 0 radical (unpaired) electrons. The zero-order valence-corrected chi connectivity index (χ0v) is 18.2. The molecule has 0 amide bonds. The average Bonchev–Trinajstić information content (AvgIpc) is 3.01. The molecular weight excluding hydrogens is 388 g/mol. The van der Waals surface area contributed by atoms with Gasteiger partial charge in [0, 0.05) is 18.5 Å². The van der Waals surface area contributed by atoms with E-state index >= 15 is 0 Å². The number of rotatable bonds is 9. The lowest BCUT2D eigenvalue weighted by molar-refractivity contribution is 0.354. The molecule has 4 nitrogen and oxygen atoms in total. The molecule has 2 aromatic carbocycles. The van der Waals surface area contributed by atoms with E-state index in [0.29, 0.717) is 0 Å². The molecule has 0 atom stereocenters. The number of benzene rings is 2. The first-order chi connectivity index (χ1) is 13.6. The van der Waals surface area contributed by atoms with Crippen molar-refractivity contribution in [3.63, 3.8) is 0 Å². The predicted octanol–water partition coefficient (Wildman–Crippen LogP) is 4.88. The van der Waals surface area contributed by atoms with E-state index in [9.17, 15) is 0 Å². The molecule has 1 aromatic heterocycles. The Bertz CT molecular complexity index is 964. The summed E-state index contributed by atoms with van der Waals surface area (Å²) < 4.78 is 13.7.